The molecule has 0 heterocycles. The Morgan fingerprint density at radius 2 is 1.53 bits per heavy atom. The van der Waals surface area contributed by atoms with Crippen molar-refractivity contribution in [1.82, 2.24) is 9.73 Å². The zero-order valence-electron chi connectivity index (χ0n) is 17.2. The van der Waals surface area contributed by atoms with Crippen molar-refractivity contribution in [3.05, 3.63) is 96.9 Å². The van der Waals surface area contributed by atoms with Crippen LogP contribution in [0.4, 0.5) is 0 Å². The van der Waals surface area contributed by atoms with Gasteiger partial charge in [0, 0.05) is 21.6 Å². The van der Waals surface area contributed by atoms with E-state index in [0.717, 1.165) is 4.31 Å². The highest BCUT2D eigenvalue weighted by Gasteiger charge is 2.27. The Labute approximate surface area is 222 Å². The molecule has 0 saturated heterocycles. The molecule has 1 N–H and O–H groups in total. The van der Waals surface area contributed by atoms with Crippen molar-refractivity contribution in [3.63, 3.8) is 0 Å². The predicted octanol–water partition coefficient (Wildman–Crippen LogP) is 6.29. The van der Waals surface area contributed by atoms with Crippen LogP contribution in [0.1, 0.15) is 11.1 Å². The third kappa shape index (κ3) is 7.09. The minimum atomic E-state index is -4.09. The highest BCUT2D eigenvalue weighted by molar-refractivity contribution is 7.89. The van der Waals surface area contributed by atoms with Gasteiger partial charge in [-0.1, -0.05) is 70.1 Å². The number of carbonyl (C=O) groups excluding carboxylic acids is 1. The number of hydrazone groups is 1. The monoisotopic (exact) mass is 577 g/mol. The van der Waals surface area contributed by atoms with Crippen LogP contribution in [0.5, 0.6) is 0 Å². The van der Waals surface area contributed by atoms with E-state index in [1.807, 2.05) is 0 Å². The van der Waals surface area contributed by atoms with Gasteiger partial charge in [0.25, 0.3) is 5.91 Å². The van der Waals surface area contributed by atoms with Crippen LogP contribution in [-0.4, -0.2) is 31.4 Å². The third-order valence-corrected chi connectivity index (χ3v) is 7.86. The summed E-state index contributed by atoms with van der Waals surface area (Å²) in [4.78, 5) is 12.5. The SMILES string of the molecule is O=C(CN(Cc1ccc(Cl)cc1Cl)S(=O)(=O)c1ccc(Cl)cc1)N/N=C\c1ccc(Cl)c(Cl)c1. The summed E-state index contributed by atoms with van der Waals surface area (Å²) in [5, 5.41) is 5.61. The standard InChI is InChI=1S/C22H16Cl5N3O3S/c23-16-4-6-18(7-5-16)34(32,33)30(12-15-2-3-17(24)10-20(15)26)13-22(31)29-28-11-14-1-8-19(25)21(27)9-14/h1-11H,12-13H2,(H,29,31)/b28-11-. The van der Waals surface area contributed by atoms with Gasteiger partial charge in [0.05, 0.1) is 27.7 Å². The van der Waals surface area contributed by atoms with Crippen LogP contribution in [-0.2, 0) is 21.4 Å². The van der Waals surface area contributed by atoms with Crippen LogP contribution in [0.25, 0.3) is 0 Å². The summed E-state index contributed by atoms with van der Waals surface area (Å²) in [5.74, 6) is -0.668. The maximum absolute atomic E-state index is 13.3. The topological polar surface area (TPSA) is 78.8 Å². The minimum absolute atomic E-state index is 0.0332. The zero-order valence-corrected chi connectivity index (χ0v) is 21.8. The molecule has 0 aromatic heterocycles. The molecule has 3 aromatic rings. The lowest BCUT2D eigenvalue weighted by atomic mass is 10.2. The van der Waals surface area contributed by atoms with Gasteiger partial charge in [-0.25, -0.2) is 13.8 Å². The molecule has 34 heavy (non-hydrogen) atoms. The summed E-state index contributed by atoms with van der Waals surface area (Å²) in [6.07, 6.45) is 1.36. The average molecular weight is 580 g/mol. The summed E-state index contributed by atoms with van der Waals surface area (Å²) in [5.41, 5.74) is 3.37. The zero-order chi connectivity index (χ0) is 24.9. The molecule has 6 nitrogen and oxygen atoms in total. The molecule has 12 heteroatoms. The lowest BCUT2D eigenvalue weighted by Crippen LogP contribution is -2.39. The van der Waals surface area contributed by atoms with E-state index in [9.17, 15) is 13.2 Å². The average Bonchev–Trinajstić information content (AvgIpc) is 2.77. The molecule has 0 aliphatic heterocycles. The van der Waals surface area contributed by atoms with Crippen LogP contribution in [0.2, 0.25) is 25.1 Å². The Morgan fingerprint density at radius 1 is 0.853 bits per heavy atom. The van der Waals surface area contributed by atoms with Gasteiger partial charge in [0.15, 0.2) is 0 Å². The number of nitrogens with zero attached hydrogens (tertiary/aromatic N) is 2. The molecule has 0 saturated carbocycles. The molecule has 0 aliphatic rings. The quantitative estimate of drug-likeness (QED) is 0.252. The van der Waals surface area contributed by atoms with E-state index in [1.54, 1.807) is 30.3 Å². The summed E-state index contributed by atoms with van der Waals surface area (Å²) in [6, 6.07) is 15.1. The fraction of sp³-hybridized carbons (Fsp3) is 0.0909. The Kier molecular flexibility index (Phi) is 9.23. The lowest BCUT2D eigenvalue weighted by Gasteiger charge is -2.22. The number of carbonyl (C=O) groups is 1. The molecule has 0 unspecified atom stereocenters. The molecule has 0 atom stereocenters. The summed E-state index contributed by atoms with van der Waals surface area (Å²) >= 11 is 29.9. The number of hydrogen-bond acceptors (Lipinski definition) is 4. The van der Waals surface area contributed by atoms with E-state index in [1.165, 1.54) is 36.5 Å². The maximum Gasteiger partial charge on any atom is 0.255 e. The van der Waals surface area contributed by atoms with E-state index in [2.05, 4.69) is 10.5 Å². The van der Waals surface area contributed by atoms with Crippen molar-refractivity contribution >= 4 is 80.1 Å². The first-order valence-electron chi connectivity index (χ1n) is 9.53. The lowest BCUT2D eigenvalue weighted by molar-refractivity contribution is -0.121. The molecule has 0 fully saturated rings. The largest absolute Gasteiger partial charge is 0.272 e. The van der Waals surface area contributed by atoms with E-state index >= 15 is 0 Å². The number of benzene rings is 3. The highest BCUT2D eigenvalue weighted by atomic mass is 35.5. The maximum atomic E-state index is 13.3. The van der Waals surface area contributed by atoms with E-state index in [0.29, 0.717) is 31.2 Å². The molecule has 0 radical (unpaired) electrons. The Morgan fingerprint density at radius 3 is 2.18 bits per heavy atom. The Hall–Kier alpha value is -1.84. The molecule has 178 valence electrons. The van der Waals surface area contributed by atoms with Crippen molar-refractivity contribution in [2.24, 2.45) is 5.10 Å². The fourth-order valence-corrected chi connectivity index (χ4v) is 5.06. The molecule has 0 bridgehead atoms. The Bertz CT molecular complexity index is 1330. The Balaban J connectivity index is 1.82. The van der Waals surface area contributed by atoms with Crippen LogP contribution >= 0.6 is 58.0 Å². The number of sulfonamides is 1. The van der Waals surface area contributed by atoms with Gasteiger partial charge in [0.1, 0.15) is 0 Å². The van der Waals surface area contributed by atoms with Crippen molar-refractivity contribution < 1.29 is 13.2 Å². The van der Waals surface area contributed by atoms with E-state index in [4.69, 9.17) is 58.0 Å². The van der Waals surface area contributed by atoms with Gasteiger partial charge in [-0.2, -0.15) is 9.41 Å². The first-order valence-corrected chi connectivity index (χ1v) is 12.9. The van der Waals surface area contributed by atoms with Crippen LogP contribution in [0, 0.1) is 0 Å². The number of amides is 1. The van der Waals surface area contributed by atoms with Crippen molar-refractivity contribution in [3.8, 4) is 0 Å². The second kappa shape index (κ2) is 11.7. The summed E-state index contributed by atoms with van der Waals surface area (Å²) in [6.45, 7) is -0.701. The third-order valence-electron chi connectivity index (χ3n) is 4.48. The molecular formula is C22H16Cl5N3O3S. The predicted molar refractivity (Wildman–Crippen MR) is 138 cm³/mol. The number of hydrogen-bond donors (Lipinski definition) is 1. The molecular weight excluding hydrogens is 564 g/mol. The number of rotatable bonds is 8. The van der Waals surface area contributed by atoms with Crippen molar-refractivity contribution in [2.45, 2.75) is 11.4 Å². The molecule has 1 amide bonds. The molecule has 3 rings (SSSR count). The van der Waals surface area contributed by atoms with Gasteiger partial charge in [-0.3, -0.25) is 4.79 Å². The fourth-order valence-electron chi connectivity index (χ4n) is 2.79. The smallest absolute Gasteiger partial charge is 0.255 e. The molecule has 0 spiro atoms. The first-order chi connectivity index (χ1) is 16.1. The van der Waals surface area contributed by atoms with Crippen LogP contribution in [0.3, 0.4) is 0 Å². The second-order valence-corrected chi connectivity index (χ2v) is 11.0. The normalized spacial score (nSPS) is 11.8. The first kappa shape index (κ1) is 26.8. The second-order valence-electron chi connectivity index (χ2n) is 6.93. The van der Waals surface area contributed by atoms with Gasteiger partial charge in [-0.05, 0) is 59.7 Å². The van der Waals surface area contributed by atoms with Gasteiger partial charge in [0.2, 0.25) is 10.0 Å². The van der Waals surface area contributed by atoms with E-state index < -0.39 is 22.5 Å². The number of nitrogens with one attached hydrogen (secondary N) is 1. The van der Waals surface area contributed by atoms with Crippen molar-refractivity contribution in [2.75, 3.05) is 6.54 Å². The van der Waals surface area contributed by atoms with Crippen LogP contribution in [0.15, 0.2) is 70.7 Å². The van der Waals surface area contributed by atoms with Gasteiger partial charge >= 0.3 is 0 Å². The summed E-state index contributed by atoms with van der Waals surface area (Å²) < 4.78 is 27.6. The number of halogens is 5. The van der Waals surface area contributed by atoms with Gasteiger partial charge < -0.3 is 0 Å². The molecule has 0 aliphatic carbocycles. The van der Waals surface area contributed by atoms with Gasteiger partial charge in [-0.15, -0.1) is 0 Å². The van der Waals surface area contributed by atoms with Crippen LogP contribution < -0.4 is 5.43 Å². The highest BCUT2D eigenvalue weighted by Crippen LogP contribution is 2.26. The van der Waals surface area contributed by atoms with Crippen molar-refractivity contribution in [1.29, 1.82) is 0 Å². The van der Waals surface area contributed by atoms with E-state index in [-0.39, 0.29) is 16.5 Å². The molecule has 3 aromatic carbocycles. The summed E-state index contributed by atoms with van der Waals surface area (Å²) in [7, 11) is -4.09. The minimum Gasteiger partial charge on any atom is -0.272 e.